The van der Waals surface area contributed by atoms with Crippen molar-refractivity contribution in [1.82, 2.24) is 9.88 Å². The van der Waals surface area contributed by atoms with Crippen molar-refractivity contribution in [3.63, 3.8) is 0 Å². The molecular weight excluding hydrogens is 349 g/mol. The van der Waals surface area contributed by atoms with Crippen LogP contribution < -0.4 is 0 Å². The fourth-order valence-electron chi connectivity index (χ4n) is 1.85. The van der Waals surface area contributed by atoms with E-state index in [0.717, 1.165) is 5.56 Å². The molecule has 0 N–H and O–H groups in total. The SMILES string of the molecule is C=CCN(CC(F)(F)F)C(=O)c1csc(-c2ccc(Cl)cc2)n1. The Morgan fingerprint density at radius 1 is 1.35 bits per heavy atom. The van der Waals surface area contributed by atoms with Gasteiger partial charge in [0.15, 0.2) is 0 Å². The van der Waals surface area contributed by atoms with E-state index < -0.39 is 18.6 Å². The van der Waals surface area contributed by atoms with Gasteiger partial charge in [-0.1, -0.05) is 29.8 Å². The van der Waals surface area contributed by atoms with Crippen LogP contribution in [0.1, 0.15) is 10.5 Å². The summed E-state index contributed by atoms with van der Waals surface area (Å²) in [5.41, 5.74) is 0.718. The van der Waals surface area contributed by atoms with Gasteiger partial charge in [-0.15, -0.1) is 17.9 Å². The van der Waals surface area contributed by atoms with Gasteiger partial charge in [-0.25, -0.2) is 4.98 Å². The Balaban J connectivity index is 2.21. The van der Waals surface area contributed by atoms with E-state index in [4.69, 9.17) is 11.6 Å². The van der Waals surface area contributed by atoms with Crippen molar-refractivity contribution in [3.8, 4) is 10.6 Å². The number of rotatable bonds is 5. The summed E-state index contributed by atoms with van der Waals surface area (Å²) in [5.74, 6) is -0.779. The molecule has 1 heterocycles. The highest BCUT2D eigenvalue weighted by atomic mass is 35.5. The Morgan fingerprint density at radius 2 is 2.00 bits per heavy atom. The first-order chi connectivity index (χ1) is 10.8. The van der Waals surface area contributed by atoms with Gasteiger partial charge in [0, 0.05) is 22.5 Å². The van der Waals surface area contributed by atoms with Crippen molar-refractivity contribution < 1.29 is 18.0 Å². The van der Waals surface area contributed by atoms with Crippen LogP contribution in [0, 0.1) is 0 Å². The van der Waals surface area contributed by atoms with Gasteiger partial charge in [-0.3, -0.25) is 4.79 Å². The standard InChI is InChI=1S/C15H12ClF3N2OS/c1-2-7-21(9-15(17,18)19)14(22)12-8-23-13(20-12)10-3-5-11(16)6-4-10/h2-6,8H,1,7,9H2. The van der Waals surface area contributed by atoms with Crippen LogP contribution in [0.3, 0.4) is 0 Å². The van der Waals surface area contributed by atoms with Gasteiger partial charge in [0.1, 0.15) is 17.2 Å². The molecule has 2 aromatic rings. The van der Waals surface area contributed by atoms with Gasteiger partial charge < -0.3 is 4.90 Å². The minimum absolute atomic E-state index is 0.0222. The lowest BCUT2D eigenvalue weighted by atomic mass is 10.2. The second-order valence-electron chi connectivity index (χ2n) is 4.63. The molecule has 0 bridgehead atoms. The maximum Gasteiger partial charge on any atom is 0.406 e. The highest BCUT2D eigenvalue weighted by Crippen LogP contribution is 2.26. The van der Waals surface area contributed by atoms with Crippen molar-refractivity contribution in [2.75, 3.05) is 13.1 Å². The molecular formula is C15H12ClF3N2OS. The summed E-state index contributed by atoms with van der Waals surface area (Å²) in [4.78, 5) is 17.0. The van der Waals surface area contributed by atoms with Crippen molar-refractivity contribution in [3.05, 3.63) is 53.0 Å². The van der Waals surface area contributed by atoms with Crippen LogP contribution >= 0.6 is 22.9 Å². The van der Waals surface area contributed by atoms with Crippen molar-refractivity contribution in [2.45, 2.75) is 6.18 Å². The molecule has 3 nitrogen and oxygen atoms in total. The largest absolute Gasteiger partial charge is 0.406 e. The van der Waals surface area contributed by atoms with E-state index in [1.165, 1.54) is 22.8 Å². The Bertz CT molecular complexity index is 697. The molecule has 0 saturated heterocycles. The first-order valence-electron chi connectivity index (χ1n) is 6.48. The maximum absolute atomic E-state index is 12.6. The summed E-state index contributed by atoms with van der Waals surface area (Å²) in [6, 6.07) is 6.81. The van der Waals surface area contributed by atoms with Crippen LogP contribution in [0.4, 0.5) is 13.2 Å². The number of carbonyl (C=O) groups is 1. The van der Waals surface area contributed by atoms with Gasteiger partial charge in [0.05, 0.1) is 0 Å². The Kier molecular flexibility index (Phi) is 5.43. The number of nitrogens with zero attached hydrogens (tertiary/aromatic N) is 2. The zero-order valence-corrected chi connectivity index (χ0v) is 13.4. The molecule has 0 spiro atoms. The number of aromatic nitrogens is 1. The van der Waals surface area contributed by atoms with Crippen molar-refractivity contribution >= 4 is 28.8 Å². The summed E-state index contributed by atoms with van der Waals surface area (Å²) >= 11 is 6.98. The number of hydrogen-bond acceptors (Lipinski definition) is 3. The summed E-state index contributed by atoms with van der Waals surface area (Å²) in [6.07, 6.45) is -3.23. The normalized spacial score (nSPS) is 11.3. The summed E-state index contributed by atoms with van der Waals surface area (Å²) in [7, 11) is 0. The Morgan fingerprint density at radius 3 is 2.57 bits per heavy atom. The topological polar surface area (TPSA) is 33.2 Å². The molecule has 8 heteroatoms. The second-order valence-corrected chi connectivity index (χ2v) is 5.93. The van der Waals surface area contributed by atoms with E-state index in [0.29, 0.717) is 14.9 Å². The minimum Gasteiger partial charge on any atom is -0.324 e. The van der Waals surface area contributed by atoms with Gasteiger partial charge in [0.25, 0.3) is 5.91 Å². The molecule has 0 aliphatic rings. The molecule has 0 fully saturated rings. The van der Waals surface area contributed by atoms with E-state index in [2.05, 4.69) is 11.6 Å². The van der Waals surface area contributed by atoms with Crippen LogP contribution in [0.2, 0.25) is 5.02 Å². The fraction of sp³-hybridized carbons (Fsp3) is 0.200. The number of alkyl halides is 3. The second kappa shape index (κ2) is 7.14. The molecule has 1 amide bonds. The lowest BCUT2D eigenvalue weighted by Gasteiger charge is -2.21. The molecule has 0 radical (unpaired) electrons. The fourth-order valence-corrected chi connectivity index (χ4v) is 2.78. The maximum atomic E-state index is 12.6. The molecule has 1 aromatic heterocycles. The number of thiazole rings is 1. The van der Waals surface area contributed by atoms with E-state index >= 15 is 0 Å². The minimum atomic E-state index is -4.48. The third kappa shape index (κ3) is 4.80. The highest BCUT2D eigenvalue weighted by molar-refractivity contribution is 7.13. The molecule has 2 rings (SSSR count). The zero-order chi connectivity index (χ0) is 17.0. The van der Waals surface area contributed by atoms with Gasteiger partial charge in [-0.2, -0.15) is 13.2 Å². The first kappa shape index (κ1) is 17.5. The molecule has 23 heavy (non-hydrogen) atoms. The van der Waals surface area contributed by atoms with Crippen LogP contribution in [-0.4, -0.2) is 35.1 Å². The molecule has 1 aromatic carbocycles. The van der Waals surface area contributed by atoms with E-state index in [-0.39, 0.29) is 12.2 Å². The summed E-state index contributed by atoms with van der Waals surface area (Å²) in [6.45, 7) is 1.83. The smallest absolute Gasteiger partial charge is 0.324 e. The van der Waals surface area contributed by atoms with Gasteiger partial charge >= 0.3 is 6.18 Å². The molecule has 0 atom stereocenters. The highest BCUT2D eigenvalue weighted by Gasteiger charge is 2.33. The van der Waals surface area contributed by atoms with Crippen LogP contribution in [0.25, 0.3) is 10.6 Å². The Labute approximate surface area is 140 Å². The molecule has 0 aliphatic carbocycles. The van der Waals surface area contributed by atoms with E-state index in [1.807, 2.05) is 0 Å². The number of benzene rings is 1. The third-order valence-electron chi connectivity index (χ3n) is 2.82. The molecule has 0 saturated carbocycles. The monoisotopic (exact) mass is 360 g/mol. The number of hydrogen-bond donors (Lipinski definition) is 0. The van der Waals surface area contributed by atoms with Crippen molar-refractivity contribution in [2.24, 2.45) is 0 Å². The lowest BCUT2D eigenvalue weighted by molar-refractivity contribution is -0.139. The first-order valence-corrected chi connectivity index (χ1v) is 7.74. The molecule has 0 unspecified atom stereocenters. The van der Waals surface area contributed by atoms with E-state index in [9.17, 15) is 18.0 Å². The van der Waals surface area contributed by atoms with E-state index in [1.54, 1.807) is 24.3 Å². The van der Waals surface area contributed by atoms with Gasteiger partial charge in [0.2, 0.25) is 0 Å². The van der Waals surface area contributed by atoms with Crippen molar-refractivity contribution in [1.29, 1.82) is 0 Å². The number of carbonyl (C=O) groups excluding carboxylic acids is 1. The number of halogens is 4. The average Bonchev–Trinajstić information content (AvgIpc) is 2.95. The number of amides is 1. The summed E-state index contributed by atoms with van der Waals surface area (Å²) in [5, 5.41) is 2.54. The summed E-state index contributed by atoms with van der Waals surface area (Å²) < 4.78 is 37.7. The van der Waals surface area contributed by atoms with Gasteiger partial charge in [-0.05, 0) is 12.1 Å². The quantitative estimate of drug-likeness (QED) is 0.727. The molecule has 122 valence electrons. The van der Waals surface area contributed by atoms with Crippen LogP contribution in [0.5, 0.6) is 0 Å². The predicted molar refractivity (Wildman–Crippen MR) is 84.7 cm³/mol. The molecule has 0 aliphatic heterocycles. The van der Waals surface area contributed by atoms with Crippen LogP contribution in [-0.2, 0) is 0 Å². The average molecular weight is 361 g/mol. The zero-order valence-electron chi connectivity index (χ0n) is 11.8. The Hall–Kier alpha value is -1.86. The predicted octanol–water partition coefficient (Wildman–Crippen LogP) is 4.65. The van der Waals surface area contributed by atoms with Crippen LogP contribution in [0.15, 0.2) is 42.3 Å². The third-order valence-corrected chi connectivity index (χ3v) is 3.96. The lowest BCUT2D eigenvalue weighted by Crippen LogP contribution is -2.39.